The number of ether oxygens (including phenoxy) is 1. The number of anilines is 1. The Bertz CT molecular complexity index is 929. The Morgan fingerprint density at radius 2 is 2.10 bits per heavy atom. The molecule has 0 saturated heterocycles. The van der Waals surface area contributed by atoms with Crippen molar-refractivity contribution in [2.24, 2.45) is 0 Å². The van der Waals surface area contributed by atoms with E-state index in [2.05, 4.69) is 20.7 Å². The lowest BCUT2D eigenvalue weighted by Crippen LogP contribution is -2.28. The summed E-state index contributed by atoms with van der Waals surface area (Å²) >= 11 is 0. The summed E-state index contributed by atoms with van der Waals surface area (Å²) in [4.78, 5) is 15.5. The number of carbonyl (C=O) groups is 1. The maximum atomic E-state index is 13.7. The van der Waals surface area contributed by atoms with Gasteiger partial charge >= 0.3 is 0 Å². The predicted octanol–water partition coefficient (Wildman–Crippen LogP) is 3.70. The van der Waals surface area contributed by atoms with Crippen molar-refractivity contribution in [2.75, 3.05) is 18.9 Å². The van der Waals surface area contributed by atoms with E-state index < -0.39 is 0 Å². The van der Waals surface area contributed by atoms with Crippen LogP contribution in [0.2, 0.25) is 0 Å². The first-order chi connectivity index (χ1) is 14.1. The molecule has 0 bridgehead atoms. The summed E-state index contributed by atoms with van der Waals surface area (Å²) in [5.74, 6) is 0.858. The van der Waals surface area contributed by atoms with E-state index in [0.29, 0.717) is 47.7 Å². The summed E-state index contributed by atoms with van der Waals surface area (Å²) in [5.41, 5.74) is 1.56. The Labute approximate surface area is 170 Å². The van der Waals surface area contributed by atoms with Crippen LogP contribution in [0, 0.1) is 5.82 Å². The third kappa shape index (κ3) is 5.74. The smallest absolute Gasteiger partial charge is 0.167 e. The molecule has 0 aliphatic carbocycles. The number of aromatic nitrogens is 3. The van der Waals surface area contributed by atoms with Crippen molar-refractivity contribution in [1.29, 1.82) is 0 Å². The SMILES string of the molecule is CC.CCC(CNC)Oc1ccc(F)cc1CNc1ccn2ncc(C=O)c2n1. The minimum Gasteiger partial charge on any atom is -0.489 e. The summed E-state index contributed by atoms with van der Waals surface area (Å²) in [6.07, 6.45) is 4.71. The molecule has 1 atom stereocenters. The van der Waals surface area contributed by atoms with Gasteiger partial charge in [0.05, 0.1) is 11.8 Å². The van der Waals surface area contributed by atoms with Gasteiger partial charge in [0.1, 0.15) is 23.5 Å². The number of nitrogens with zero attached hydrogens (tertiary/aromatic N) is 3. The highest BCUT2D eigenvalue weighted by Gasteiger charge is 2.12. The summed E-state index contributed by atoms with van der Waals surface area (Å²) < 4.78 is 21.3. The van der Waals surface area contributed by atoms with Crippen LogP contribution < -0.4 is 15.4 Å². The van der Waals surface area contributed by atoms with Gasteiger partial charge in [-0.2, -0.15) is 5.10 Å². The molecule has 3 rings (SSSR count). The second-order valence-electron chi connectivity index (χ2n) is 6.11. The van der Waals surface area contributed by atoms with Crippen LogP contribution in [0.4, 0.5) is 10.2 Å². The number of benzene rings is 1. The van der Waals surface area contributed by atoms with Gasteiger partial charge in [-0.1, -0.05) is 20.8 Å². The molecule has 0 radical (unpaired) electrons. The Kier molecular flexibility index (Phi) is 8.54. The molecule has 7 nitrogen and oxygen atoms in total. The second-order valence-corrected chi connectivity index (χ2v) is 6.11. The van der Waals surface area contributed by atoms with E-state index in [1.807, 2.05) is 27.8 Å². The van der Waals surface area contributed by atoms with Crippen molar-refractivity contribution >= 4 is 17.8 Å². The molecule has 2 heterocycles. The minimum absolute atomic E-state index is 0.00405. The number of hydrogen-bond donors (Lipinski definition) is 2. The summed E-state index contributed by atoms with van der Waals surface area (Å²) in [7, 11) is 1.87. The largest absolute Gasteiger partial charge is 0.489 e. The average Bonchev–Trinajstić information content (AvgIpc) is 3.17. The number of halogens is 1. The average molecular weight is 401 g/mol. The van der Waals surface area contributed by atoms with Gasteiger partial charge in [-0.15, -0.1) is 0 Å². The first kappa shape index (κ1) is 22.3. The fourth-order valence-electron chi connectivity index (χ4n) is 2.73. The zero-order valence-electron chi connectivity index (χ0n) is 17.3. The molecule has 2 aromatic heterocycles. The van der Waals surface area contributed by atoms with Gasteiger partial charge in [0.2, 0.25) is 0 Å². The molecule has 0 spiro atoms. The number of likely N-dealkylation sites (N-methyl/N-ethyl adjacent to an activating group) is 1. The Morgan fingerprint density at radius 3 is 2.79 bits per heavy atom. The number of hydrogen-bond acceptors (Lipinski definition) is 6. The van der Waals surface area contributed by atoms with Gasteiger partial charge in [-0.25, -0.2) is 13.9 Å². The quantitative estimate of drug-likeness (QED) is 0.532. The highest BCUT2D eigenvalue weighted by atomic mass is 19.1. The molecule has 29 heavy (non-hydrogen) atoms. The van der Waals surface area contributed by atoms with Crippen molar-refractivity contribution < 1.29 is 13.9 Å². The number of carbonyl (C=O) groups excluding carboxylic acids is 1. The van der Waals surface area contributed by atoms with Crippen LogP contribution in [0.3, 0.4) is 0 Å². The molecule has 1 unspecified atom stereocenters. The molecule has 0 amide bonds. The van der Waals surface area contributed by atoms with Crippen LogP contribution >= 0.6 is 0 Å². The Morgan fingerprint density at radius 1 is 1.31 bits per heavy atom. The Balaban J connectivity index is 0.00000145. The molecule has 156 valence electrons. The van der Waals surface area contributed by atoms with Crippen LogP contribution in [-0.2, 0) is 6.54 Å². The summed E-state index contributed by atoms with van der Waals surface area (Å²) in [5, 5.41) is 10.3. The van der Waals surface area contributed by atoms with Crippen molar-refractivity contribution in [3.05, 3.63) is 53.6 Å². The van der Waals surface area contributed by atoms with Gasteiger partial charge in [0.15, 0.2) is 11.9 Å². The first-order valence-corrected chi connectivity index (χ1v) is 9.77. The molecule has 0 aliphatic rings. The highest BCUT2D eigenvalue weighted by molar-refractivity contribution is 5.83. The van der Waals surface area contributed by atoms with Gasteiger partial charge in [-0.05, 0) is 37.7 Å². The van der Waals surface area contributed by atoms with Crippen molar-refractivity contribution in [2.45, 2.75) is 39.8 Å². The molecule has 0 fully saturated rings. The lowest BCUT2D eigenvalue weighted by molar-refractivity contribution is 0.112. The zero-order chi connectivity index (χ0) is 21.2. The lowest BCUT2D eigenvalue weighted by Gasteiger charge is -2.20. The summed E-state index contributed by atoms with van der Waals surface area (Å²) in [6, 6.07) is 6.22. The van der Waals surface area contributed by atoms with Crippen LogP contribution in [0.15, 0.2) is 36.7 Å². The number of aldehydes is 1. The fourth-order valence-corrected chi connectivity index (χ4v) is 2.73. The monoisotopic (exact) mass is 401 g/mol. The van der Waals surface area contributed by atoms with E-state index in [4.69, 9.17) is 4.74 Å². The molecule has 0 aliphatic heterocycles. The van der Waals surface area contributed by atoms with Gasteiger partial charge < -0.3 is 15.4 Å². The predicted molar refractivity (Wildman–Crippen MR) is 112 cm³/mol. The minimum atomic E-state index is -0.330. The number of nitrogens with one attached hydrogen (secondary N) is 2. The lowest BCUT2D eigenvalue weighted by atomic mass is 10.2. The van der Waals surface area contributed by atoms with Crippen LogP contribution in [-0.4, -0.2) is 40.6 Å². The van der Waals surface area contributed by atoms with Crippen LogP contribution in [0.5, 0.6) is 5.75 Å². The van der Waals surface area contributed by atoms with Crippen molar-refractivity contribution in [3.8, 4) is 5.75 Å². The topological polar surface area (TPSA) is 80.5 Å². The van der Waals surface area contributed by atoms with E-state index in [1.54, 1.807) is 18.3 Å². The molecule has 0 saturated carbocycles. The van der Waals surface area contributed by atoms with E-state index >= 15 is 0 Å². The summed E-state index contributed by atoms with van der Waals surface area (Å²) in [6.45, 7) is 7.07. The van der Waals surface area contributed by atoms with Crippen molar-refractivity contribution in [3.63, 3.8) is 0 Å². The van der Waals surface area contributed by atoms with Gasteiger partial charge in [0, 0.05) is 24.8 Å². The zero-order valence-corrected chi connectivity index (χ0v) is 17.3. The Hall–Kier alpha value is -3.00. The molecule has 3 aromatic rings. The molecule has 8 heteroatoms. The van der Waals surface area contributed by atoms with Crippen molar-refractivity contribution in [1.82, 2.24) is 19.9 Å². The highest BCUT2D eigenvalue weighted by Crippen LogP contribution is 2.23. The maximum Gasteiger partial charge on any atom is 0.167 e. The van der Waals surface area contributed by atoms with E-state index in [1.165, 1.54) is 22.8 Å². The van der Waals surface area contributed by atoms with Crippen LogP contribution in [0.1, 0.15) is 43.1 Å². The number of rotatable bonds is 9. The fraction of sp³-hybridized carbons (Fsp3) is 0.381. The van der Waals surface area contributed by atoms with Gasteiger partial charge in [0.25, 0.3) is 0 Å². The van der Waals surface area contributed by atoms with E-state index in [9.17, 15) is 9.18 Å². The third-order valence-corrected chi connectivity index (χ3v) is 4.19. The first-order valence-electron chi connectivity index (χ1n) is 9.77. The molecular formula is C21H28FN5O2. The normalized spacial score (nSPS) is 11.5. The molecular weight excluding hydrogens is 373 g/mol. The molecule has 1 aromatic carbocycles. The maximum absolute atomic E-state index is 13.7. The molecule has 2 N–H and O–H groups in total. The van der Waals surface area contributed by atoms with E-state index in [0.717, 1.165) is 6.42 Å². The second kappa shape index (κ2) is 11.1. The number of fused-ring (bicyclic) bond motifs is 1. The third-order valence-electron chi connectivity index (χ3n) is 4.19. The van der Waals surface area contributed by atoms with E-state index in [-0.39, 0.29) is 11.9 Å². The van der Waals surface area contributed by atoms with Gasteiger partial charge in [-0.3, -0.25) is 4.79 Å². The van der Waals surface area contributed by atoms with Crippen LogP contribution in [0.25, 0.3) is 5.65 Å². The standard InChI is InChI=1S/C19H22FN5O2.C2H6/c1-3-16(11-21-2)27-17-5-4-15(20)8-13(17)9-22-18-6-7-25-19(24-18)14(12-26)10-23-25;1-2/h4-8,10,12,16,21H,3,9,11H2,1-2H3,(H,22,24);1-2H3.